The molecular weight excluding hydrogens is 256 g/mol. The highest BCUT2D eigenvalue weighted by molar-refractivity contribution is 5.82. The fraction of sp³-hybridized carbons (Fsp3) is 0.867. The van der Waals surface area contributed by atoms with Crippen LogP contribution in [0.2, 0.25) is 0 Å². The predicted octanol–water partition coefficient (Wildman–Crippen LogP) is 2.01. The normalized spacial score (nSPS) is 23.2. The van der Waals surface area contributed by atoms with Crippen LogP contribution in [-0.4, -0.2) is 46.6 Å². The molecule has 5 nitrogen and oxygen atoms in total. The number of likely N-dealkylation sites (tertiary alicyclic amines) is 1. The number of carbonyl (C=O) groups is 2. The van der Waals surface area contributed by atoms with Crippen molar-refractivity contribution in [1.29, 1.82) is 0 Å². The topological polar surface area (TPSA) is 69.6 Å². The van der Waals surface area contributed by atoms with E-state index in [4.69, 9.17) is 0 Å². The average Bonchev–Trinajstić information content (AvgIpc) is 2.80. The van der Waals surface area contributed by atoms with Gasteiger partial charge in [-0.25, -0.2) is 0 Å². The number of carboxylic acid groups (broad SMARTS) is 1. The van der Waals surface area contributed by atoms with Crippen molar-refractivity contribution in [2.75, 3.05) is 13.1 Å². The zero-order chi connectivity index (χ0) is 15.2. The summed E-state index contributed by atoms with van der Waals surface area (Å²) in [5.41, 5.74) is -0.833. The second-order valence-corrected chi connectivity index (χ2v) is 5.69. The van der Waals surface area contributed by atoms with Gasteiger partial charge in [0.15, 0.2) is 0 Å². The molecule has 1 unspecified atom stereocenters. The lowest BCUT2D eigenvalue weighted by atomic mass is 9.90. The van der Waals surface area contributed by atoms with Crippen LogP contribution in [0.25, 0.3) is 0 Å². The molecule has 116 valence electrons. The van der Waals surface area contributed by atoms with Crippen molar-refractivity contribution >= 4 is 11.9 Å². The largest absolute Gasteiger partial charge is 0.480 e. The lowest BCUT2D eigenvalue weighted by Crippen LogP contribution is -2.54. The van der Waals surface area contributed by atoms with Gasteiger partial charge in [0, 0.05) is 6.04 Å². The maximum absolute atomic E-state index is 12.1. The predicted molar refractivity (Wildman–Crippen MR) is 78.6 cm³/mol. The summed E-state index contributed by atoms with van der Waals surface area (Å²) in [6.45, 7) is 6.97. The molecule has 0 bridgehead atoms. The zero-order valence-corrected chi connectivity index (χ0v) is 12.9. The first kappa shape index (κ1) is 17.0. The van der Waals surface area contributed by atoms with E-state index in [-0.39, 0.29) is 18.5 Å². The van der Waals surface area contributed by atoms with Crippen molar-refractivity contribution in [3.63, 3.8) is 0 Å². The quantitative estimate of drug-likeness (QED) is 0.715. The van der Waals surface area contributed by atoms with E-state index in [2.05, 4.69) is 5.32 Å². The second kappa shape index (κ2) is 7.62. The number of hydrogen-bond donors (Lipinski definition) is 2. The van der Waals surface area contributed by atoms with Crippen LogP contribution in [0.1, 0.15) is 59.3 Å². The standard InChI is InChI=1S/C15H28N2O3/c1-4-8-15(14(19)20)9-7-10-17(15)11-13(18)16-12(5-2)6-3/h12H,4-11H2,1-3H3,(H,16,18)(H,19,20). The molecule has 1 aliphatic rings. The first-order valence-electron chi connectivity index (χ1n) is 7.78. The summed E-state index contributed by atoms with van der Waals surface area (Å²) in [4.78, 5) is 25.6. The van der Waals surface area contributed by atoms with E-state index >= 15 is 0 Å². The molecule has 5 heteroatoms. The Labute approximate surface area is 121 Å². The van der Waals surface area contributed by atoms with Crippen molar-refractivity contribution in [3.8, 4) is 0 Å². The monoisotopic (exact) mass is 284 g/mol. The SMILES string of the molecule is CCCC1(C(=O)O)CCCN1CC(=O)NC(CC)CC. The van der Waals surface area contributed by atoms with Gasteiger partial charge in [-0.05, 0) is 38.6 Å². The van der Waals surface area contributed by atoms with Gasteiger partial charge >= 0.3 is 5.97 Å². The summed E-state index contributed by atoms with van der Waals surface area (Å²) in [6.07, 6.45) is 4.74. The fourth-order valence-electron chi connectivity index (χ4n) is 3.15. The maximum atomic E-state index is 12.1. The highest BCUT2D eigenvalue weighted by atomic mass is 16.4. The van der Waals surface area contributed by atoms with E-state index in [0.29, 0.717) is 19.4 Å². The summed E-state index contributed by atoms with van der Waals surface area (Å²) in [5, 5.41) is 12.6. The Kier molecular flexibility index (Phi) is 6.46. The summed E-state index contributed by atoms with van der Waals surface area (Å²) >= 11 is 0. The van der Waals surface area contributed by atoms with E-state index in [9.17, 15) is 14.7 Å². The molecule has 0 spiro atoms. The molecule has 0 radical (unpaired) electrons. The van der Waals surface area contributed by atoms with E-state index in [1.807, 2.05) is 25.7 Å². The van der Waals surface area contributed by atoms with E-state index < -0.39 is 11.5 Å². The lowest BCUT2D eigenvalue weighted by Gasteiger charge is -2.34. The summed E-state index contributed by atoms with van der Waals surface area (Å²) in [5.74, 6) is -0.838. The number of amides is 1. The lowest BCUT2D eigenvalue weighted by molar-refractivity contribution is -0.151. The van der Waals surface area contributed by atoms with Crippen molar-refractivity contribution in [1.82, 2.24) is 10.2 Å². The molecule has 1 heterocycles. The first-order chi connectivity index (χ1) is 9.50. The van der Waals surface area contributed by atoms with Gasteiger partial charge in [-0.3, -0.25) is 14.5 Å². The highest BCUT2D eigenvalue weighted by Gasteiger charge is 2.47. The van der Waals surface area contributed by atoms with Gasteiger partial charge < -0.3 is 10.4 Å². The molecule has 1 fully saturated rings. The highest BCUT2D eigenvalue weighted by Crippen LogP contribution is 2.33. The Hall–Kier alpha value is -1.10. The molecule has 20 heavy (non-hydrogen) atoms. The van der Waals surface area contributed by atoms with Crippen molar-refractivity contribution in [3.05, 3.63) is 0 Å². The molecule has 2 N–H and O–H groups in total. The number of carboxylic acids is 1. The molecule has 1 rings (SSSR count). The molecule has 0 aromatic heterocycles. The molecule has 0 aromatic rings. The smallest absolute Gasteiger partial charge is 0.324 e. The van der Waals surface area contributed by atoms with Gasteiger partial charge in [0.25, 0.3) is 0 Å². The minimum absolute atomic E-state index is 0.0534. The van der Waals surface area contributed by atoms with Crippen LogP contribution in [0.3, 0.4) is 0 Å². The van der Waals surface area contributed by atoms with Gasteiger partial charge in [-0.15, -0.1) is 0 Å². The van der Waals surface area contributed by atoms with Crippen molar-refractivity contribution in [2.45, 2.75) is 70.9 Å². The van der Waals surface area contributed by atoms with Gasteiger partial charge in [0.1, 0.15) is 5.54 Å². The third-order valence-corrected chi connectivity index (χ3v) is 4.37. The van der Waals surface area contributed by atoms with Gasteiger partial charge in [0.05, 0.1) is 6.54 Å². The Morgan fingerprint density at radius 1 is 1.30 bits per heavy atom. The Balaban J connectivity index is 2.69. The van der Waals surface area contributed by atoms with E-state index in [1.54, 1.807) is 0 Å². The number of aliphatic carboxylic acids is 1. The second-order valence-electron chi connectivity index (χ2n) is 5.69. The Morgan fingerprint density at radius 2 is 1.95 bits per heavy atom. The van der Waals surface area contributed by atoms with Crippen LogP contribution in [0.5, 0.6) is 0 Å². The minimum atomic E-state index is -0.833. The van der Waals surface area contributed by atoms with E-state index in [1.165, 1.54) is 0 Å². The Morgan fingerprint density at radius 3 is 2.45 bits per heavy atom. The minimum Gasteiger partial charge on any atom is -0.480 e. The molecule has 0 aromatic carbocycles. The number of hydrogen-bond acceptors (Lipinski definition) is 3. The zero-order valence-electron chi connectivity index (χ0n) is 12.9. The third-order valence-electron chi connectivity index (χ3n) is 4.37. The summed E-state index contributed by atoms with van der Waals surface area (Å²) in [7, 11) is 0. The van der Waals surface area contributed by atoms with Crippen LogP contribution in [-0.2, 0) is 9.59 Å². The van der Waals surface area contributed by atoms with Crippen molar-refractivity contribution < 1.29 is 14.7 Å². The van der Waals surface area contributed by atoms with Crippen LogP contribution in [0.4, 0.5) is 0 Å². The number of rotatable bonds is 8. The molecule has 1 atom stereocenters. The average molecular weight is 284 g/mol. The molecule has 0 aliphatic carbocycles. The summed E-state index contributed by atoms with van der Waals surface area (Å²) in [6, 6.07) is 0.190. The van der Waals surface area contributed by atoms with Gasteiger partial charge in [-0.2, -0.15) is 0 Å². The molecule has 0 saturated carbocycles. The number of carbonyl (C=O) groups excluding carboxylic acids is 1. The molecular formula is C15H28N2O3. The fourth-order valence-corrected chi connectivity index (χ4v) is 3.15. The van der Waals surface area contributed by atoms with Crippen LogP contribution in [0, 0.1) is 0 Å². The first-order valence-corrected chi connectivity index (χ1v) is 7.78. The van der Waals surface area contributed by atoms with E-state index in [0.717, 1.165) is 25.7 Å². The van der Waals surface area contributed by atoms with Crippen molar-refractivity contribution in [2.24, 2.45) is 0 Å². The molecule has 1 saturated heterocycles. The van der Waals surface area contributed by atoms with Gasteiger partial charge in [0.2, 0.25) is 5.91 Å². The van der Waals surface area contributed by atoms with Gasteiger partial charge in [-0.1, -0.05) is 27.2 Å². The number of nitrogens with one attached hydrogen (secondary N) is 1. The summed E-state index contributed by atoms with van der Waals surface area (Å²) < 4.78 is 0. The van der Waals surface area contributed by atoms with Crippen LogP contribution in [0.15, 0.2) is 0 Å². The number of nitrogens with zero attached hydrogens (tertiary/aromatic N) is 1. The molecule has 1 aliphatic heterocycles. The third kappa shape index (κ3) is 3.72. The maximum Gasteiger partial charge on any atom is 0.324 e. The Bertz CT molecular complexity index is 342. The van der Waals surface area contributed by atoms with Crippen LogP contribution >= 0.6 is 0 Å². The molecule has 1 amide bonds. The van der Waals surface area contributed by atoms with Crippen LogP contribution < -0.4 is 5.32 Å².